The van der Waals surface area contributed by atoms with Gasteiger partial charge >= 0.3 is 0 Å². The minimum atomic E-state index is 0.111. The van der Waals surface area contributed by atoms with Crippen molar-refractivity contribution in [3.63, 3.8) is 0 Å². The van der Waals surface area contributed by atoms with Crippen LogP contribution in [0.25, 0.3) is 5.95 Å². The quantitative estimate of drug-likeness (QED) is 0.553. The second-order valence-corrected chi connectivity index (χ2v) is 5.01. The van der Waals surface area contributed by atoms with Gasteiger partial charge in [0.1, 0.15) is 6.33 Å². The van der Waals surface area contributed by atoms with E-state index < -0.39 is 0 Å². The largest absolute Gasteiger partial charge is 0.349 e. The lowest BCUT2D eigenvalue weighted by molar-refractivity contribution is 0.268. The van der Waals surface area contributed by atoms with Gasteiger partial charge in [-0.05, 0) is 25.7 Å². The smallest absolute Gasteiger partial charge is 0.243 e. The molecule has 0 radical (unpaired) electrons. The third-order valence-corrected chi connectivity index (χ3v) is 3.85. The van der Waals surface area contributed by atoms with Crippen LogP contribution in [0.1, 0.15) is 32.6 Å². The molecule has 20 heavy (non-hydrogen) atoms. The number of hydrogen-bond acceptors (Lipinski definition) is 7. The molecular formula is C12H18N8. The molecular weight excluding hydrogens is 256 g/mol. The van der Waals surface area contributed by atoms with E-state index in [1.807, 2.05) is 0 Å². The molecule has 1 aliphatic carbocycles. The highest BCUT2D eigenvalue weighted by atomic mass is 15.4. The summed E-state index contributed by atoms with van der Waals surface area (Å²) in [5, 5.41) is 3.43. The Balaban J connectivity index is 1.92. The van der Waals surface area contributed by atoms with Gasteiger partial charge in [-0.25, -0.2) is 10.8 Å². The van der Waals surface area contributed by atoms with Gasteiger partial charge in [-0.15, -0.1) is 0 Å². The van der Waals surface area contributed by atoms with Crippen LogP contribution in [0.4, 0.5) is 11.9 Å². The summed E-state index contributed by atoms with van der Waals surface area (Å²) >= 11 is 0. The molecule has 2 aromatic rings. The molecule has 0 aromatic carbocycles. The standard InChI is InChI=1S/C12H18N8/c1-2-12(4-3-5-12)18-9-15-10(19-13)17-11(16-9)20-7-6-14-8-20/h6-8H,2-5,13H2,1H3,(H2,15,16,17,18,19). The molecule has 1 aliphatic rings. The van der Waals surface area contributed by atoms with Crippen LogP contribution in [-0.2, 0) is 0 Å². The van der Waals surface area contributed by atoms with Gasteiger partial charge in [-0.2, -0.15) is 15.0 Å². The van der Waals surface area contributed by atoms with Crippen LogP contribution >= 0.6 is 0 Å². The molecule has 0 amide bonds. The Bertz CT molecular complexity index is 570. The molecule has 0 bridgehead atoms. The summed E-state index contributed by atoms with van der Waals surface area (Å²) in [6.07, 6.45) is 9.65. The van der Waals surface area contributed by atoms with Crippen molar-refractivity contribution in [3.05, 3.63) is 18.7 Å². The zero-order chi connectivity index (χ0) is 14.0. The van der Waals surface area contributed by atoms with Gasteiger partial charge in [0, 0.05) is 17.9 Å². The molecule has 0 aliphatic heterocycles. The molecule has 0 spiro atoms. The highest BCUT2D eigenvalue weighted by Gasteiger charge is 2.35. The van der Waals surface area contributed by atoms with Crippen LogP contribution in [-0.4, -0.2) is 30.0 Å². The van der Waals surface area contributed by atoms with Crippen LogP contribution < -0.4 is 16.6 Å². The number of anilines is 2. The lowest BCUT2D eigenvalue weighted by Crippen LogP contribution is -2.45. The van der Waals surface area contributed by atoms with Crippen molar-refractivity contribution in [1.82, 2.24) is 24.5 Å². The van der Waals surface area contributed by atoms with E-state index >= 15 is 0 Å². The van der Waals surface area contributed by atoms with E-state index in [2.05, 4.69) is 37.6 Å². The van der Waals surface area contributed by atoms with Gasteiger partial charge < -0.3 is 5.32 Å². The molecule has 8 heteroatoms. The highest BCUT2D eigenvalue weighted by Crippen LogP contribution is 2.37. The fraction of sp³-hybridized carbons (Fsp3) is 0.500. The van der Waals surface area contributed by atoms with Crippen molar-refractivity contribution in [1.29, 1.82) is 0 Å². The predicted molar refractivity (Wildman–Crippen MR) is 75.3 cm³/mol. The van der Waals surface area contributed by atoms with Gasteiger partial charge in [0.25, 0.3) is 0 Å². The monoisotopic (exact) mass is 274 g/mol. The first-order chi connectivity index (χ1) is 9.74. The summed E-state index contributed by atoms with van der Waals surface area (Å²) in [6.45, 7) is 2.17. The Hall–Kier alpha value is -2.22. The van der Waals surface area contributed by atoms with Gasteiger partial charge in [-0.3, -0.25) is 9.99 Å². The van der Waals surface area contributed by atoms with Gasteiger partial charge in [0.05, 0.1) is 0 Å². The Morgan fingerprint density at radius 2 is 2.10 bits per heavy atom. The summed E-state index contributed by atoms with van der Waals surface area (Å²) in [5.41, 5.74) is 2.58. The summed E-state index contributed by atoms with van der Waals surface area (Å²) < 4.78 is 1.72. The third-order valence-electron chi connectivity index (χ3n) is 3.85. The summed E-state index contributed by atoms with van der Waals surface area (Å²) in [4.78, 5) is 16.9. The zero-order valence-corrected chi connectivity index (χ0v) is 11.4. The summed E-state index contributed by atoms with van der Waals surface area (Å²) in [5.74, 6) is 6.78. The molecule has 2 aromatic heterocycles. The molecule has 4 N–H and O–H groups in total. The average Bonchev–Trinajstić information content (AvgIpc) is 2.96. The molecule has 1 fully saturated rings. The van der Waals surface area contributed by atoms with Crippen molar-refractivity contribution < 1.29 is 0 Å². The van der Waals surface area contributed by atoms with E-state index in [4.69, 9.17) is 5.84 Å². The first-order valence-corrected chi connectivity index (χ1v) is 6.74. The van der Waals surface area contributed by atoms with Crippen molar-refractivity contribution in [2.45, 2.75) is 38.1 Å². The zero-order valence-electron chi connectivity index (χ0n) is 11.4. The lowest BCUT2D eigenvalue weighted by Gasteiger charge is -2.42. The molecule has 2 heterocycles. The van der Waals surface area contributed by atoms with Crippen molar-refractivity contribution in [3.8, 4) is 5.95 Å². The summed E-state index contributed by atoms with van der Waals surface area (Å²) in [7, 11) is 0. The van der Waals surface area contributed by atoms with Crippen LogP contribution in [0.5, 0.6) is 0 Å². The van der Waals surface area contributed by atoms with Crippen molar-refractivity contribution in [2.24, 2.45) is 5.84 Å². The first kappa shape index (κ1) is 12.8. The fourth-order valence-corrected chi connectivity index (χ4v) is 2.39. The van der Waals surface area contributed by atoms with Crippen LogP contribution in [0.15, 0.2) is 18.7 Å². The van der Waals surface area contributed by atoms with E-state index in [1.54, 1.807) is 23.3 Å². The average molecular weight is 274 g/mol. The normalized spacial score (nSPS) is 16.5. The van der Waals surface area contributed by atoms with Crippen molar-refractivity contribution >= 4 is 11.9 Å². The Morgan fingerprint density at radius 3 is 2.65 bits per heavy atom. The minimum Gasteiger partial charge on any atom is -0.349 e. The Morgan fingerprint density at radius 1 is 1.30 bits per heavy atom. The summed E-state index contributed by atoms with van der Waals surface area (Å²) in [6, 6.07) is 0. The molecule has 0 atom stereocenters. The maximum absolute atomic E-state index is 5.43. The second-order valence-electron chi connectivity index (χ2n) is 5.01. The third kappa shape index (κ3) is 2.29. The first-order valence-electron chi connectivity index (χ1n) is 6.74. The number of imidazole rings is 1. The van der Waals surface area contributed by atoms with E-state index in [-0.39, 0.29) is 5.54 Å². The Labute approximate surface area is 116 Å². The number of nitrogens with two attached hydrogens (primary N) is 1. The predicted octanol–water partition coefficient (Wildman–Crippen LogP) is 1.09. The topological polar surface area (TPSA) is 107 Å². The number of nitrogens with zero attached hydrogens (tertiary/aromatic N) is 5. The highest BCUT2D eigenvalue weighted by molar-refractivity contribution is 5.39. The lowest BCUT2D eigenvalue weighted by atomic mass is 9.75. The number of nitrogen functional groups attached to an aromatic ring is 1. The number of nitrogens with one attached hydrogen (secondary N) is 2. The second kappa shape index (κ2) is 5.04. The number of rotatable bonds is 5. The molecule has 3 rings (SSSR count). The van der Waals surface area contributed by atoms with E-state index in [1.165, 1.54) is 6.42 Å². The van der Waals surface area contributed by atoms with Crippen molar-refractivity contribution in [2.75, 3.05) is 10.7 Å². The van der Waals surface area contributed by atoms with E-state index in [0.717, 1.165) is 19.3 Å². The molecule has 106 valence electrons. The number of hydrazine groups is 1. The van der Waals surface area contributed by atoms with Crippen LogP contribution in [0.3, 0.4) is 0 Å². The number of hydrogen-bond donors (Lipinski definition) is 3. The maximum atomic E-state index is 5.43. The minimum absolute atomic E-state index is 0.111. The van der Waals surface area contributed by atoms with Gasteiger partial charge in [-0.1, -0.05) is 6.92 Å². The fourth-order valence-electron chi connectivity index (χ4n) is 2.39. The molecule has 0 unspecified atom stereocenters. The maximum Gasteiger partial charge on any atom is 0.243 e. The van der Waals surface area contributed by atoms with Gasteiger partial charge in [0.15, 0.2) is 0 Å². The molecule has 8 nitrogen and oxygen atoms in total. The van der Waals surface area contributed by atoms with Crippen LogP contribution in [0.2, 0.25) is 0 Å². The Kier molecular flexibility index (Phi) is 3.23. The van der Waals surface area contributed by atoms with E-state index in [0.29, 0.717) is 17.8 Å². The van der Waals surface area contributed by atoms with Gasteiger partial charge in [0.2, 0.25) is 17.8 Å². The van der Waals surface area contributed by atoms with E-state index in [9.17, 15) is 0 Å². The molecule has 0 saturated heterocycles. The SMILES string of the molecule is CCC1(Nc2nc(NN)nc(-n3ccnc3)n2)CCC1. The van der Waals surface area contributed by atoms with Crippen LogP contribution in [0, 0.1) is 0 Å². The molecule has 1 saturated carbocycles. The number of aromatic nitrogens is 5.